The third kappa shape index (κ3) is 6.68. The number of benzene rings is 3. The molecule has 3 rings (SSSR count). The number of rotatable bonds is 9. The zero-order valence-electron chi connectivity index (χ0n) is 17.9. The molecule has 3 aromatic carbocycles. The quantitative estimate of drug-likeness (QED) is 0.415. The lowest BCUT2D eigenvalue weighted by molar-refractivity contribution is -0.140. The van der Waals surface area contributed by atoms with Crippen molar-refractivity contribution in [2.75, 3.05) is 6.54 Å². The van der Waals surface area contributed by atoms with Crippen molar-refractivity contribution in [1.82, 2.24) is 10.2 Å². The van der Waals surface area contributed by atoms with Crippen LogP contribution in [0.1, 0.15) is 23.6 Å². The van der Waals surface area contributed by atoms with Crippen LogP contribution in [0.2, 0.25) is 5.02 Å². The second-order valence-corrected chi connectivity index (χ2v) is 8.84. The summed E-state index contributed by atoms with van der Waals surface area (Å²) in [6, 6.07) is 24.2. The van der Waals surface area contributed by atoms with Crippen LogP contribution in [-0.2, 0) is 29.0 Å². The summed E-state index contributed by atoms with van der Waals surface area (Å²) in [6.07, 6.45) is 0.549. The van der Waals surface area contributed by atoms with E-state index in [4.69, 9.17) is 11.6 Å². The number of hydrogen-bond acceptors (Lipinski definition) is 2. The van der Waals surface area contributed by atoms with E-state index < -0.39 is 6.04 Å². The Morgan fingerprint density at radius 3 is 2.34 bits per heavy atom. The Hall–Kier alpha value is -2.63. The molecule has 0 heterocycles. The smallest absolute Gasteiger partial charge is 0.243 e. The van der Waals surface area contributed by atoms with Gasteiger partial charge in [-0.05, 0) is 41.8 Å². The number of carbonyl (C=O) groups is 2. The average molecular weight is 514 g/mol. The van der Waals surface area contributed by atoms with Crippen LogP contribution in [0.4, 0.5) is 0 Å². The van der Waals surface area contributed by atoms with Gasteiger partial charge in [0.25, 0.3) is 0 Å². The highest BCUT2D eigenvalue weighted by atomic mass is 79.9. The fourth-order valence-corrected chi connectivity index (χ4v) is 4.23. The highest BCUT2D eigenvalue weighted by Gasteiger charge is 2.30. The Labute approximate surface area is 202 Å². The Morgan fingerprint density at radius 2 is 1.66 bits per heavy atom. The van der Waals surface area contributed by atoms with Crippen LogP contribution < -0.4 is 5.32 Å². The average Bonchev–Trinajstić information content (AvgIpc) is 2.78. The molecule has 0 spiro atoms. The summed E-state index contributed by atoms with van der Waals surface area (Å²) in [5, 5.41) is 3.45. The summed E-state index contributed by atoms with van der Waals surface area (Å²) in [7, 11) is 0. The summed E-state index contributed by atoms with van der Waals surface area (Å²) < 4.78 is 0.922. The van der Waals surface area contributed by atoms with Crippen molar-refractivity contribution in [1.29, 1.82) is 0 Å². The monoisotopic (exact) mass is 512 g/mol. The highest BCUT2D eigenvalue weighted by molar-refractivity contribution is 9.10. The number of hydrogen-bond donors (Lipinski definition) is 1. The third-order valence-electron chi connectivity index (χ3n) is 5.16. The third-order valence-corrected chi connectivity index (χ3v) is 6.03. The number of carbonyl (C=O) groups excluding carboxylic acids is 2. The molecule has 0 aromatic heterocycles. The molecule has 2 amide bonds. The highest BCUT2D eigenvalue weighted by Crippen LogP contribution is 2.21. The van der Waals surface area contributed by atoms with Gasteiger partial charge in [0.2, 0.25) is 11.8 Å². The van der Waals surface area contributed by atoms with Crippen molar-refractivity contribution in [2.24, 2.45) is 0 Å². The number of halogens is 2. The molecule has 0 saturated heterocycles. The molecule has 4 nitrogen and oxygen atoms in total. The number of nitrogens with zero attached hydrogens (tertiary/aromatic N) is 1. The van der Waals surface area contributed by atoms with Crippen LogP contribution in [0.3, 0.4) is 0 Å². The normalized spacial score (nSPS) is 11.6. The Bertz CT molecular complexity index is 1060. The lowest BCUT2D eigenvalue weighted by Crippen LogP contribution is -2.51. The van der Waals surface area contributed by atoms with Crippen molar-refractivity contribution in [3.05, 3.63) is 105 Å². The first-order valence-corrected chi connectivity index (χ1v) is 11.7. The topological polar surface area (TPSA) is 49.4 Å². The van der Waals surface area contributed by atoms with Crippen molar-refractivity contribution >= 4 is 39.3 Å². The van der Waals surface area contributed by atoms with E-state index in [9.17, 15) is 9.59 Å². The number of amides is 2. The molecule has 0 aliphatic heterocycles. The van der Waals surface area contributed by atoms with Crippen LogP contribution in [0.25, 0.3) is 0 Å². The van der Waals surface area contributed by atoms with E-state index in [0.29, 0.717) is 24.5 Å². The van der Waals surface area contributed by atoms with E-state index in [1.807, 2.05) is 79.7 Å². The van der Waals surface area contributed by atoms with E-state index in [1.54, 1.807) is 11.0 Å². The molecule has 3 aromatic rings. The Balaban J connectivity index is 1.96. The standard InChI is InChI=1S/C26H26BrClN2O2/c1-2-29-26(32)24(16-19-9-4-3-5-10-19)30(18-20-11-8-13-22(27)15-20)25(31)17-21-12-6-7-14-23(21)28/h3-15,24H,2,16-18H2,1H3,(H,29,32)/t24-/m1/s1. The maximum Gasteiger partial charge on any atom is 0.243 e. The second kappa shape index (κ2) is 11.8. The fraction of sp³-hybridized carbons (Fsp3) is 0.231. The minimum atomic E-state index is -0.647. The molecule has 0 saturated carbocycles. The zero-order chi connectivity index (χ0) is 22.9. The van der Waals surface area contributed by atoms with Gasteiger partial charge in [-0.2, -0.15) is 0 Å². The number of likely N-dealkylation sites (N-methyl/N-ethyl adjacent to an activating group) is 1. The summed E-state index contributed by atoms with van der Waals surface area (Å²) in [4.78, 5) is 28.4. The number of nitrogens with one attached hydrogen (secondary N) is 1. The molecule has 0 aliphatic rings. The van der Waals surface area contributed by atoms with Crippen LogP contribution in [0.15, 0.2) is 83.3 Å². The van der Waals surface area contributed by atoms with Crippen molar-refractivity contribution in [3.8, 4) is 0 Å². The molecular weight excluding hydrogens is 488 g/mol. The predicted octanol–water partition coefficient (Wildman–Crippen LogP) is 5.42. The maximum atomic E-state index is 13.6. The lowest BCUT2D eigenvalue weighted by atomic mass is 10.0. The van der Waals surface area contributed by atoms with Crippen LogP contribution in [0, 0.1) is 0 Å². The molecule has 0 bridgehead atoms. The summed E-state index contributed by atoms with van der Waals surface area (Å²) in [5.74, 6) is -0.316. The fourth-order valence-electron chi connectivity index (χ4n) is 3.58. The van der Waals surface area contributed by atoms with Crippen molar-refractivity contribution in [3.63, 3.8) is 0 Å². The minimum Gasteiger partial charge on any atom is -0.355 e. The van der Waals surface area contributed by atoms with Gasteiger partial charge >= 0.3 is 0 Å². The van der Waals surface area contributed by atoms with Crippen LogP contribution in [-0.4, -0.2) is 29.3 Å². The minimum absolute atomic E-state index is 0.123. The van der Waals surface area contributed by atoms with Gasteiger partial charge in [-0.1, -0.05) is 88.2 Å². The van der Waals surface area contributed by atoms with Crippen molar-refractivity contribution < 1.29 is 9.59 Å². The van der Waals surface area contributed by atoms with Gasteiger partial charge in [0.05, 0.1) is 6.42 Å². The van der Waals surface area contributed by atoms with Crippen molar-refractivity contribution in [2.45, 2.75) is 32.4 Å². The van der Waals surface area contributed by atoms with Gasteiger partial charge in [-0.3, -0.25) is 9.59 Å². The van der Waals surface area contributed by atoms with E-state index in [0.717, 1.165) is 21.2 Å². The van der Waals surface area contributed by atoms with Gasteiger partial charge in [-0.25, -0.2) is 0 Å². The van der Waals surface area contributed by atoms with Crippen LogP contribution in [0.5, 0.6) is 0 Å². The molecule has 32 heavy (non-hydrogen) atoms. The largest absolute Gasteiger partial charge is 0.355 e. The summed E-state index contributed by atoms with van der Waals surface area (Å²) in [5.41, 5.74) is 2.68. The molecule has 0 radical (unpaired) electrons. The van der Waals surface area contributed by atoms with E-state index in [1.165, 1.54) is 0 Å². The SMILES string of the molecule is CCNC(=O)[C@@H](Cc1ccccc1)N(Cc1cccc(Br)c1)C(=O)Cc1ccccc1Cl. The molecular formula is C26H26BrClN2O2. The molecule has 166 valence electrons. The van der Waals surface area contributed by atoms with Gasteiger partial charge in [0.1, 0.15) is 6.04 Å². The Kier molecular flexibility index (Phi) is 8.89. The summed E-state index contributed by atoms with van der Waals surface area (Å²) in [6.45, 7) is 2.69. The molecule has 0 unspecified atom stereocenters. The van der Waals surface area contributed by atoms with Crippen LogP contribution >= 0.6 is 27.5 Å². The zero-order valence-corrected chi connectivity index (χ0v) is 20.3. The maximum absolute atomic E-state index is 13.6. The first-order valence-electron chi connectivity index (χ1n) is 10.6. The molecule has 0 aliphatic carbocycles. The Morgan fingerprint density at radius 1 is 0.969 bits per heavy atom. The van der Waals surface area contributed by atoms with Gasteiger partial charge in [0, 0.05) is 29.0 Å². The van der Waals surface area contributed by atoms with Gasteiger partial charge < -0.3 is 10.2 Å². The predicted molar refractivity (Wildman–Crippen MR) is 132 cm³/mol. The molecule has 1 atom stereocenters. The van der Waals surface area contributed by atoms with Gasteiger partial charge in [-0.15, -0.1) is 0 Å². The van der Waals surface area contributed by atoms with E-state index in [2.05, 4.69) is 21.2 Å². The molecule has 6 heteroatoms. The van der Waals surface area contributed by atoms with Gasteiger partial charge in [0.15, 0.2) is 0 Å². The summed E-state index contributed by atoms with van der Waals surface area (Å²) >= 11 is 9.82. The second-order valence-electron chi connectivity index (χ2n) is 7.52. The first kappa shape index (κ1) is 24.0. The van der Waals surface area contributed by atoms with E-state index in [-0.39, 0.29) is 18.2 Å². The molecule has 1 N–H and O–H groups in total. The van der Waals surface area contributed by atoms with E-state index >= 15 is 0 Å². The first-order chi connectivity index (χ1) is 15.5. The lowest BCUT2D eigenvalue weighted by Gasteiger charge is -2.31. The molecule has 0 fully saturated rings.